The summed E-state index contributed by atoms with van der Waals surface area (Å²) in [6.45, 7) is 3.11. The summed E-state index contributed by atoms with van der Waals surface area (Å²) < 4.78 is 11.0. The lowest BCUT2D eigenvalue weighted by atomic mass is 10.1. The fourth-order valence-electron chi connectivity index (χ4n) is 2.00. The monoisotopic (exact) mass is 249 g/mol. The molecule has 0 radical (unpaired) electrons. The van der Waals surface area contributed by atoms with Crippen LogP contribution < -0.4 is 10.1 Å². The Morgan fingerprint density at radius 1 is 1.33 bits per heavy atom. The average Bonchev–Trinajstić information content (AvgIpc) is 3.09. The lowest BCUT2D eigenvalue weighted by molar-refractivity contribution is 0.165. The Kier molecular flexibility index (Phi) is 3.71. The predicted molar refractivity (Wildman–Crippen MR) is 66.3 cm³/mol. The highest BCUT2D eigenvalue weighted by Gasteiger charge is 2.20. The molecule has 1 aliphatic carbocycles. The standard InChI is InChI=1S/C13H19N3O2/c1-2-11(1)15-6-12-5-14-7-13(16-12)18-9-10-3-4-17-8-10/h5,7,10-11,15H,1-4,6,8-9H2. The number of hydrogen-bond donors (Lipinski definition) is 1. The van der Waals surface area contributed by atoms with Gasteiger partial charge in [-0.05, 0) is 19.3 Å². The van der Waals surface area contributed by atoms with Gasteiger partial charge in [-0.15, -0.1) is 0 Å². The van der Waals surface area contributed by atoms with Gasteiger partial charge < -0.3 is 14.8 Å². The first-order valence-electron chi connectivity index (χ1n) is 6.65. The van der Waals surface area contributed by atoms with Crippen LogP contribution in [0.15, 0.2) is 12.4 Å². The fraction of sp³-hybridized carbons (Fsp3) is 0.692. The second-order valence-electron chi connectivity index (χ2n) is 5.04. The molecule has 1 aromatic heterocycles. The molecule has 3 rings (SSSR count). The smallest absolute Gasteiger partial charge is 0.232 e. The molecule has 1 saturated heterocycles. The first-order chi connectivity index (χ1) is 8.90. The Balaban J connectivity index is 1.49. The average molecular weight is 249 g/mol. The molecule has 1 N–H and O–H groups in total. The van der Waals surface area contributed by atoms with Gasteiger partial charge >= 0.3 is 0 Å². The van der Waals surface area contributed by atoms with Gasteiger partial charge in [-0.2, -0.15) is 0 Å². The van der Waals surface area contributed by atoms with Crippen molar-refractivity contribution in [3.05, 3.63) is 18.1 Å². The van der Waals surface area contributed by atoms with Gasteiger partial charge in [-0.25, -0.2) is 4.98 Å². The summed E-state index contributed by atoms with van der Waals surface area (Å²) in [5.41, 5.74) is 0.946. The van der Waals surface area contributed by atoms with E-state index >= 15 is 0 Å². The number of hydrogen-bond acceptors (Lipinski definition) is 5. The van der Waals surface area contributed by atoms with Crippen molar-refractivity contribution in [1.82, 2.24) is 15.3 Å². The molecule has 5 nitrogen and oxygen atoms in total. The molecule has 2 fully saturated rings. The predicted octanol–water partition coefficient (Wildman–Crippen LogP) is 1.14. The zero-order valence-electron chi connectivity index (χ0n) is 10.5. The molecule has 0 amide bonds. The van der Waals surface area contributed by atoms with Crippen LogP contribution in [0, 0.1) is 5.92 Å². The van der Waals surface area contributed by atoms with Gasteiger partial charge in [0.25, 0.3) is 0 Å². The number of ether oxygens (including phenoxy) is 2. The van der Waals surface area contributed by atoms with Crippen molar-refractivity contribution in [2.45, 2.75) is 31.8 Å². The Morgan fingerprint density at radius 3 is 3.06 bits per heavy atom. The number of nitrogens with one attached hydrogen (secondary N) is 1. The van der Waals surface area contributed by atoms with Gasteiger partial charge in [-0.1, -0.05) is 0 Å². The van der Waals surface area contributed by atoms with Crippen LogP contribution in [0.4, 0.5) is 0 Å². The van der Waals surface area contributed by atoms with Crippen molar-refractivity contribution in [2.24, 2.45) is 5.92 Å². The van der Waals surface area contributed by atoms with Crippen LogP contribution in [0.5, 0.6) is 5.88 Å². The maximum atomic E-state index is 5.67. The molecular weight excluding hydrogens is 230 g/mol. The summed E-state index contributed by atoms with van der Waals surface area (Å²) >= 11 is 0. The van der Waals surface area contributed by atoms with Crippen LogP contribution in [-0.4, -0.2) is 35.8 Å². The molecule has 18 heavy (non-hydrogen) atoms. The van der Waals surface area contributed by atoms with E-state index in [4.69, 9.17) is 9.47 Å². The van der Waals surface area contributed by atoms with Crippen LogP contribution in [0.2, 0.25) is 0 Å². The Bertz CT molecular complexity index is 390. The van der Waals surface area contributed by atoms with Crippen LogP contribution in [-0.2, 0) is 11.3 Å². The van der Waals surface area contributed by atoms with Gasteiger partial charge in [0.15, 0.2) is 0 Å². The van der Waals surface area contributed by atoms with Gasteiger partial charge in [0.1, 0.15) is 0 Å². The lowest BCUT2D eigenvalue weighted by Gasteiger charge is -2.10. The Hall–Kier alpha value is -1.20. The summed E-state index contributed by atoms with van der Waals surface area (Å²) in [5.74, 6) is 1.12. The minimum Gasteiger partial charge on any atom is -0.476 e. The maximum Gasteiger partial charge on any atom is 0.232 e. The van der Waals surface area contributed by atoms with E-state index in [0.29, 0.717) is 24.4 Å². The summed E-state index contributed by atoms with van der Waals surface area (Å²) in [7, 11) is 0. The van der Waals surface area contributed by atoms with Crippen molar-refractivity contribution < 1.29 is 9.47 Å². The van der Waals surface area contributed by atoms with E-state index in [1.54, 1.807) is 12.4 Å². The van der Waals surface area contributed by atoms with Crippen molar-refractivity contribution >= 4 is 0 Å². The van der Waals surface area contributed by atoms with E-state index in [0.717, 1.165) is 31.9 Å². The fourth-order valence-corrected chi connectivity index (χ4v) is 2.00. The van der Waals surface area contributed by atoms with Crippen LogP contribution >= 0.6 is 0 Å². The highest BCUT2D eigenvalue weighted by atomic mass is 16.5. The second kappa shape index (κ2) is 5.63. The molecular formula is C13H19N3O2. The van der Waals surface area contributed by atoms with E-state index in [9.17, 15) is 0 Å². The van der Waals surface area contributed by atoms with Crippen LogP contribution in [0.1, 0.15) is 25.0 Å². The Labute approximate surface area is 107 Å². The first kappa shape index (κ1) is 11.9. The minimum atomic E-state index is 0.500. The van der Waals surface area contributed by atoms with Gasteiger partial charge in [0.2, 0.25) is 5.88 Å². The van der Waals surface area contributed by atoms with Crippen LogP contribution in [0.3, 0.4) is 0 Å². The zero-order valence-corrected chi connectivity index (χ0v) is 10.5. The molecule has 1 atom stereocenters. The normalized spacial score (nSPS) is 23.2. The number of nitrogens with zero attached hydrogens (tertiary/aromatic N) is 2. The molecule has 0 spiro atoms. The van der Waals surface area contributed by atoms with Crippen LogP contribution in [0.25, 0.3) is 0 Å². The largest absolute Gasteiger partial charge is 0.476 e. The third-order valence-corrected chi connectivity index (χ3v) is 3.30. The maximum absolute atomic E-state index is 5.67. The highest BCUT2D eigenvalue weighted by molar-refractivity contribution is 5.08. The lowest BCUT2D eigenvalue weighted by Crippen LogP contribution is -2.17. The van der Waals surface area contributed by atoms with Gasteiger partial charge in [0.05, 0.1) is 25.1 Å². The first-order valence-corrected chi connectivity index (χ1v) is 6.65. The van der Waals surface area contributed by atoms with Crippen molar-refractivity contribution in [2.75, 3.05) is 19.8 Å². The molecule has 1 saturated carbocycles. The quantitative estimate of drug-likeness (QED) is 0.819. The van der Waals surface area contributed by atoms with E-state index in [1.807, 2.05) is 0 Å². The summed E-state index contributed by atoms with van der Waals surface area (Å²) in [5, 5.41) is 3.42. The van der Waals surface area contributed by atoms with E-state index in [-0.39, 0.29) is 0 Å². The summed E-state index contributed by atoms with van der Waals surface area (Å²) in [6.07, 6.45) is 7.12. The van der Waals surface area contributed by atoms with Crippen molar-refractivity contribution in [3.8, 4) is 5.88 Å². The third-order valence-electron chi connectivity index (χ3n) is 3.30. The summed E-state index contributed by atoms with van der Waals surface area (Å²) in [4.78, 5) is 8.61. The SMILES string of the molecule is c1ncc(OCC2CCOC2)nc1CNC1CC1. The van der Waals surface area contributed by atoms with Crippen molar-refractivity contribution in [1.29, 1.82) is 0 Å². The molecule has 1 unspecified atom stereocenters. The third kappa shape index (κ3) is 3.40. The molecule has 1 aliphatic heterocycles. The van der Waals surface area contributed by atoms with E-state index < -0.39 is 0 Å². The molecule has 0 bridgehead atoms. The molecule has 2 heterocycles. The van der Waals surface area contributed by atoms with Gasteiger partial charge in [-0.3, -0.25) is 4.98 Å². The molecule has 0 aromatic carbocycles. The van der Waals surface area contributed by atoms with Crippen molar-refractivity contribution in [3.63, 3.8) is 0 Å². The zero-order chi connectivity index (χ0) is 12.2. The van der Waals surface area contributed by atoms with Gasteiger partial charge in [0, 0.05) is 31.3 Å². The molecule has 98 valence electrons. The minimum absolute atomic E-state index is 0.500. The molecule has 1 aromatic rings. The molecule has 5 heteroatoms. The topological polar surface area (TPSA) is 56.3 Å². The number of aromatic nitrogens is 2. The number of rotatable bonds is 6. The highest BCUT2D eigenvalue weighted by Crippen LogP contribution is 2.19. The Morgan fingerprint density at radius 2 is 2.28 bits per heavy atom. The van der Waals surface area contributed by atoms with E-state index in [2.05, 4.69) is 15.3 Å². The van der Waals surface area contributed by atoms with E-state index in [1.165, 1.54) is 12.8 Å². The second-order valence-corrected chi connectivity index (χ2v) is 5.04. The summed E-state index contributed by atoms with van der Waals surface area (Å²) in [6, 6.07) is 0.687. The molecule has 2 aliphatic rings.